The maximum Gasteiger partial charge on any atom is 0.226 e. The van der Waals surface area contributed by atoms with Crippen molar-refractivity contribution in [1.29, 1.82) is 0 Å². The van der Waals surface area contributed by atoms with Crippen LogP contribution in [0.3, 0.4) is 0 Å². The Kier molecular flexibility index (Phi) is 4.32. The van der Waals surface area contributed by atoms with Crippen molar-refractivity contribution in [3.8, 4) is 0 Å². The highest BCUT2D eigenvalue weighted by Crippen LogP contribution is 2.17. The highest BCUT2D eigenvalue weighted by atomic mass is 35.5. The van der Waals surface area contributed by atoms with Gasteiger partial charge < -0.3 is 5.32 Å². The lowest BCUT2D eigenvalue weighted by molar-refractivity contribution is -0.120. The molecule has 1 heterocycles. The predicted molar refractivity (Wildman–Crippen MR) is 76.1 cm³/mol. The molecule has 0 saturated carbocycles. The Labute approximate surface area is 117 Å². The van der Waals surface area contributed by atoms with Crippen molar-refractivity contribution >= 4 is 28.5 Å². The first-order valence-corrected chi connectivity index (χ1v) is 6.62. The van der Waals surface area contributed by atoms with Crippen LogP contribution in [0.2, 0.25) is 5.15 Å². The Balaban J connectivity index is 2.16. The standard InChI is InChI=1S/C14H16ClN3O/c1-9(2)8-16-13(19)7-12-14(15)18-11-6-4-3-5-10(11)17-12/h3-6,9H,7-8H2,1-2H3,(H,16,19). The molecular weight excluding hydrogens is 262 g/mol. The molecule has 4 nitrogen and oxygen atoms in total. The number of halogens is 1. The van der Waals surface area contributed by atoms with Crippen molar-refractivity contribution in [2.24, 2.45) is 5.92 Å². The summed E-state index contributed by atoms with van der Waals surface area (Å²) < 4.78 is 0. The van der Waals surface area contributed by atoms with Crippen LogP contribution in [-0.2, 0) is 11.2 Å². The van der Waals surface area contributed by atoms with Crippen LogP contribution < -0.4 is 5.32 Å². The van der Waals surface area contributed by atoms with E-state index in [1.807, 2.05) is 38.1 Å². The molecule has 0 radical (unpaired) electrons. The Hall–Kier alpha value is -1.68. The number of hydrogen-bond acceptors (Lipinski definition) is 3. The number of rotatable bonds is 4. The Bertz CT molecular complexity index is 598. The minimum atomic E-state index is -0.0832. The number of nitrogens with zero attached hydrogens (tertiary/aromatic N) is 2. The van der Waals surface area contributed by atoms with Crippen LogP contribution in [0.15, 0.2) is 24.3 Å². The number of para-hydroxylation sites is 2. The van der Waals surface area contributed by atoms with E-state index in [0.29, 0.717) is 23.3 Å². The highest BCUT2D eigenvalue weighted by molar-refractivity contribution is 6.30. The molecule has 0 atom stereocenters. The van der Waals surface area contributed by atoms with Crippen molar-refractivity contribution in [3.05, 3.63) is 35.1 Å². The summed E-state index contributed by atoms with van der Waals surface area (Å²) in [5.41, 5.74) is 2.00. The van der Waals surface area contributed by atoms with Gasteiger partial charge in [-0.15, -0.1) is 0 Å². The molecule has 0 aliphatic heterocycles. The van der Waals surface area contributed by atoms with Gasteiger partial charge in [0.1, 0.15) is 0 Å². The molecule has 100 valence electrons. The zero-order valence-corrected chi connectivity index (χ0v) is 11.7. The van der Waals surface area contributed by atoms with Crippen LogP contribution in [0, 0.1) is 5.92 Å². The molecule has 0 spiro atoms. The fourth-order valence-corrected chi connectivity index (χ4v) is 1.86. The lowest BCUT2D eigenvalue weighted by atomic mass is 10.2. The third-order valence-electron chi connectivity index (χ3n) is 2.63. The van der Waals surface area contributed by atoms with Gasteiger partial charge in [-0.2, -0.15) is 0 Å². The summed E-state index contributed by atoms with van der Waals surface area (Å²) in [4.78, 5) is 20.4. The van der Waals surface area contributed by atoms with E-state index in [1.165, 1.54) is 0 Å². The summed E-state index contributed by atoms with van der Waals surface area (Å²) in [7, 11) is 0. The molecule has 0 fully saturated rings. The van der Waals surface area contributed by atoms with Crippen molar-refractivity contribution in [2.45, 2.75) is 20.3 Å². The van der Waals surface area contributed by atoms with Gasteiger partial charge in [-0.3, -0.25) is 4.79 Å². The van der Waals surface area contributed by atoms with E-state index in [2.05, 4.69) is 15.3 Å². The molecule has 2 rings (SSSR count). The first kappa shape index (κ1) is 13.7. The summed E-state index contributed by atoms with van der Waals surface area (Å²) in [5.74, 6) is 0.335. The normalized spacial score (nSPS) is 10.9. The molecule has 0 aliphatic rings. The maximum atomic E-state index is 11.8. The summed E-state index contributed by atoms with van der Waals surface area (Å²) in [6, 6.07) is 7.46. The molecule has 1 aromatic heterocycles. The van der Waals surface area contributed by atoms with Crippen LogP contribution in [0.5, 0.6) is 0 Å². The molecule has 1 aromatic carbocycles. The molecule has 1 N–H and O–H groups in total. The smallest absolute Gasteiger partial charge is 0.226 e. The summed E-state index contributed by atoms with van der Waals surface area (Å²) in [5, 5.41) is 3.13. The number of hydrogen-bond donors (Lipinski definition) is 1. The van der Waals surface area contributed by atoms with Gasteiger partial charge in [0.15, 0.2) is 5.15 Å². The van der Waals surface area contributed by atoms with E-state index in [0.717, 1.165) is 11.0 Å². The van der Waals surface area contributed by atoms with Gasteiger partial charge in [0.25, 0.3) is 0 Å². The lowest BCUT2D eigenvalue weighted by Gasteiger charge is -2.08. The zero-order chi connectivity index (χ0) is 13.8. The quantitative estimate of drug-likeness (QED) is 0.935. The van der Waals surface area contributed by atoms with Gasteiger partial charge >= 0.3 is 0 Å². The van der Waals surface area contributed by atoms with E-state index < -0.39 is 0 Å². The molecule has 0 bridgehead atoms. The zero-order valence-electron chi connectivity index (χ0n) is 11.0. The van der Waals surface area contributed by atoms with Crippen LogP contribution >= 0.6 is 11.6 Å². The monoisotopic (exact) mass is 277 g/mol. The van der Waals surface area contributed by atoms with E-state index in [-0.39, 0.29) is 12.3 Å². The van der Waals surface area contributed by atoms with Crippen LogP contribution in [0.4, 0.5) is 0 Å². The highest BCUT2D eigenvalue weighted by Gasteiger charge is 2.11. The van der Waals surface area contributed by atoms with E-state index in [9.17, 15) is 4.79 Å². The van der Waals surface area contributed by atoms with Crippen molar-refractivity contribution in [1.82, 2.24) is 15.3 Å². The van der Waals surface area contributed by atoms with Gasteiger partial charge in [-0.1, -0.05) is 37.6 Å². The number of nitrogens with one attached hydrogen (secondary N) is 1. The van der Waals surface area contributed by atoms with Gasteiger partial charge in [-0.25, -0.2) is 9.97 Å². The topological polar surface area (TPSA) is 54.9 Å². The van der Waals surface area contributed by atoms with Crippen LogP contribution in [-0.4, -0.2) is 22.4 Å². The average Bonchev–Trinajstić information content (AvgIpc) is 2.37. The fourth-order valence-electron chi connectivity index (χ4n) is 1.66. The predicted octanol–water partition coefficient (Wildman–Crippen LogP) is 2.60. The van der Waals surface area contributed by atoms with Crippen molar-refractivity contribution in [2.75, 3.05) is 6.54 Å². The van der Waals surface area contributed by atoms with E-state index >= 15 is 0 Å². The summed E-state index contributed by atoms with van der Waals surface area (Å²) in [6.07, 6.45) is 0.156. The maximum absolute atomic E-state index is 11.8. The van der Waals surface area contributed by atoms with Gasteiger partial charge in [0, 0.05) is 6.54 Å². The SMILES string of the molecule is CC(C)CNC(=O)Cc1nc2ccccc2nc1Cl. The third kappa shape index (κ3) is 3.64. The van der Waals surface area contributed by atoms with E-state index in [1.54, 1.807) is 0 Å². The molecule has 0 aliphatic carbocycles. The first-order chi connectivity index (χ1) is 9.06. The number of benzene rings is 1. The molecule has 0 saturated heterocycles. The molecule has 5 heteroatoms. The lowest BCUT2D eigenvalue weighted by Crippen LogP contribution is -2.29. The number of amides is 1. The fraction of sp³-hybridized carbons (Fsp3) is 0.357. The van der Waals surface area contributed by atoms with Gasteiger partial charge in [0.2, 0.25) is 5.91 Å². The van der Waals surface area contributed by atoms with Crippen molar-refractivity contribution in [3.63, 3.8) is 0 Å². The van der Waals surface area contributed by atoms with Crippen LogP contribution in [0.25, 0.3) is 11.0 Å². The number of aromatic nitrogens is 2. The minimum absolute atomic E-state index is 0.0832. The second-order valence-corrected chi connectivity index (χ2v) is 5.18. The Morgan fingerprint density at radius 2 is 1.89 bits per heavy atom. The second kappa shape index (κ2) is 5.97. The number of carbonyl (C=O) groups excluding carboxylic acids is 1. The number of fused-ring (bicyclic) bond motifs is 1. The third-order valence-corrected chi connectivity index (χ3v) is 2.93. The molecule has 0 unspecified atom stereocenters. The molecule has 19 heavy (non-hydrogen) atoms. The van der Waals surface area contributed by atoms with Crippen LogP contribution in [0.1, 0.15) is 19.5 Å². The second-order valence-electron chi connectivity index (χ2n) is 4.82. The molecule has 1 amide bonds. The minimum Gasteiger partial charge on any atom is -0.356 e. The Morgan fingerprint density at radius 1 is 1.26 bits per heavy atom. The van der Waals surface area contributed by atoms with Gasteiger partial charge in [0.05, 0.1) is 23.1 Å². The first-order valence-electron chi connectivity index (χ1n) is 6.24. The van der Waals surface area contributed by atoms with Crippen molar-refractivity contribution < 1.29 is 4.79 Å². The Morgan fingerprint density at radius 3 is 2.53 bits per heavy atom. The summed E-state index contributed by atoms with van der Waals surface area (Å²) in [6.45, 7) is 4.74. The molecule has 2 aromatic rings. The number of carbonyl (C=O) groups is 1. The summed E-state index contributed by atoms with van der Waals surface area (Å²) >= 11 is 6.06. The van der Waals surface area contributed by atoms with E-state index in [4.69, 9.17) is 11.6 Å². The van der Waals surface area contributed by atoms with Gasteiger partial charge in [-0.05, 0) is 18.1 Å². The molecular formula is C14H16ClN3O. The largest absolute Gasteiger partial charge is 0.356 e. The average molecular weight is 278 g/mol.